The van der Waals surface area contributed by atoms with Gasteiger partial charge in [-0.25, -0.2) is 28.8 Å². The molecular formula is C17H18O13. The number of carboxylic acid groups (broad SMARTS) is 3. The quantitative estimate of drug-likeness (QED) is 0.149. The van der Waals surface area contributed by atoms with Crippen LogP contribution >= 0.6 is 0 Å². The molecule has 13 nitrogen and oxygen atoms in total. The first kappa shape index (κ1) is 26.0. The Bertz CT molecular complexity index is 662. The summed E-state index contributed by atoms with van der Waals surface area (Å²) in [4.78, 5) is 65.7. The van der Waals surface area contributed by atoms with Gasteiger partial charge in [0.15, 0.2) is 0 Å². The molecule has 0 saturated heterocycles. The standard InChI is InChI=1S/C17H18O13/c18-7-17(8-28-14(25)4-1-11(19)20,9-29-15(26)5-2-12(21)22)10-30-16(27)6-3-13(23)24/h1-6,18H,7-10H2,(H,19,20)(H,21,22)(H,23,24). The van der Waals surface area contributed by atoms with E-state index in [-0.39, 0.29) is 0 Å². The highest BCUT2D eigenvalue weighted by Crippen LogP contribution is 2.20. The van der Waals surface area contributed by atoms with Crippen molar-refractivity contribution < 1.29 is 63.4 Å². The van der Waals surface area contributed by atoms with E-state index in [2.05, 4.69) is 0 Å². The minimum absolute atomic E-state index is 0.483. The number of rotatable bonds is 13. The summed E-state index contributed by atoms with van der Waals surface area (Å²) in [6.45, 7) is -3.00. The van der Waals surface area contributed by atoms with Crippen LogP contribution in [0.15, 0.2) is 36.5 Å². The highest BCUT2D eigenvalue weighted by molar-refractivity contribution is 5.92. The molecule has 0 rings (SSSR count). The maximum atomic E-state index is 11.5. The zero-order chi connectivity index (χ0) is 23.2. The fourth-order valence-electron chi connectivity index (χ4n) is 1.50. The number of hydrogen-bond acceptors (Lipinski definition) is 10. The summed E-state index contributed by atoms with van der Waals surface area (Å²) in [5.41, 5.74) is -1.72. The Labute approximate surface area is 168 Å². The van der Waals surface area contributed by atoms with Gasteiger partial charge in [0.25, 0.3) is 0 Å². The summed E-state index contributed by atoms with van der Waals surface area (Å²) in [5, 5.41) is 35.0. The van der Waals surface area contributed by atoms with Gasteiger partial charge in [-0.2, -0.15) is 0 Å². The maximum Gasteiger partial charge on any atom is 0.331 e. The smallest absolute Gasteiger partial charge is 0.331 e. The van der Waals surface area contributed by atoms with Gasteiger partial charge in [-0.05, 0) is 0 Å². The lowest BCUT2D eigenvalue weighted by Gasteiger charge is -2.29. The van der Waals surface area contributed by atoms with E-state index in [1.807, 2.05) is 0 Å². The molecule has 30 heavy (non-hydrogen) atoms. The molecule has 0 aliphatic heterocycles. The van der Waals surface area contributed by atoms with Crippen molar-refractivity contribution >= 4 is 35.8 Å². The van der Waals surface area contributed by atoms with Gasteiger partial charge in [-0.15, -0.1) is 0 Å². The van der Waals surface area contributed by atoms with Crippen LogP contribution in [-0.2, 0) is 43.0 Å². The van der Waals surface area contributed by atoms with E-state index in [0.29, 0.717) is 36.5 Å². The van der Waals surface area contributed by atoms with Gasteiger partial charge in [0, 0.05) is 36.5 Å². The Kier molecular flexibility index (Phi) is 11.5. The van der Waals surface area contributed by atoms with Crippen LogP contribution in [-0.4, -0.2) is 82.7 Å². The molecule has 0 spiro atoms. The number of carbonyl (C=O) groups excluding carboxylic acids is 3. The molecule has 0 atom stereocenters. The largest absolute Gasteiger partial charge is 0.478 e. The summed E-state index contributed by atoms with van der Waals surface area (Å²) in [7, 11) is 0. The van der Waals surface area contributed by atoms with Crippen molar-refractivity contribution in [3.63, 3.8) is 0 Å². The number of carboxylic acids is 3. The summed E-state index contributed by atoms with van der Waals surface area (Å²) in [6, 6.07) is 0. The molecule has 0 aromatic heterocycles. The second-order valence-electron chi connectivity index (χ2n) is 5.50. The van der Waals surface area contributed by atoms with Gasteiger partial charge in [-0.1, -0.05) is 0 Å². The van der Waals surface area contributed by atoms with Crippen molar-refractivity contribution in [3.8, 4) is 0 Å². The lowest BCUT2D eigenvalue weighted by molar-refractivity contribution is -0.159. The molecule has 0 aliphatic carbocycles. The molecule has 0 amide bonds. The summed E-state index contributed by atoms with van der Waals surface area (Å²) in [5.74, 6) is -7.70. The van der Waals surface area contributed by atoms with E-state index in [4.69, 9.17) is 29.5 Å². The molecule has 4 N–H and O–H groups in total. The van der Waals surface area contributed by atoms with E-state index in [9.17, 15) is 33.9 Å². The minimum atomic E-state index is -1.72. The van der Waals surface area contributed by atoms with E-state index in [0.717, 1.165) is 0 Å². The van der Waals surface area contributed by atoms with E-state index < -0.39 is 67.7 Å². The van der Waals surface area contributed by atoms with Crippen LogP contribution in [0.1, 0.15) is 0 Å². The number of hydrogen-bond donors (Lipinski definition) is 4. The molecule has 13 heteroatoms. The number of aliphatic carboxylic acids is 3. The Morgan fingerprint density at radius 3 is 1.03 bits per heavy atom. The first-order chi connectivity index (χ1) is 14.0. The number of carbonyl (C=O) groups is 6. The van der Waals surface area contributed by atoms with Crippen LogP contribution in [0.5, 0.6) is 0 Å². The van der Waals surface area contributed by atoms with Crippen LogP contribution in [0, 0.1) is 5.41 Å². The lowest BCUT2D eigenvalue weighted by atomic mass is 9.92. The SMILES string of the molecule is O=C(O)C=CC(=O)OCC(CO)(COC(=O)C=CC(=O)O)COC(=O)C=CC(=O)O. The molecule has 0 saturated carbocycles. The Hall–Kier alpha value is -4.00. The average molecular weight is 430 g/mol. The number of ether oxygens (including phenoxy) is 3. The third kappa shape index (κ3) is 12.4. The van der Waals surface area contributed by atoms with Gasteiger partial charge >= 0.3 is 35.8 Å². The number of aliphatic hydroxyl groups is 1. The van der Waals surface area contributed by atoms with Crippen molar-refractivity contribution in [1.82, 2.24) is 0 Å². The first-order valence-corrected chi connectivity index (χ1v) is 7.84. The van der Waals surface area contributed by atoms with Crippen LogP contribution < -0.4 is 0 Å². The highest BCUT2D eigenvalue weighted by atomic mass is 16.6. The molecule has 0 radical (unpaired) electrons. The first-order valence-electron chi connectivity index (χ1n) is 7.84. The number of aliphatic hydroxyl groups excluding tert-OH is 1. The highest BCUT2D eigenvalue weighted by Gasteiger charge is 2.35. The third-order valence-corrected chi connectivity index (χ3v) is 2.98. The van der Waals surface area contributed by atoms with Crippen molar-refractivity contribution in [3.05, 3.63) is 36.5 Å². The Morgan fingerprint density at radius 1 is 0.567 bits per heavy atom. The monoisotopic (exact) mass is 430 g/mol. The topological polar surface area (TPSA) is 211 Å². The van der Waals surface area contributed by atoms with Crippen LogP contribution in [0.2, 0.25) is 0 Å². The molecular weight excluding hydrogens is 412 g/mol. The molecule has 0 unspecified atom stereocenters. The minimum Gasteiger partial charge on any atom is -0.478 e. The zero-order valence-electron chi connectivity index (χ0n) is 15.3. The summed E-state index contributed by atoms with van der Waals surface area (Å²) in [6.07, 6.45) is 3.14. The normalized spacial score (nSPS) is 13.1. The van der Waals surface area contributed by atoms with Crippen molar-refractivity contribution in [2.24, 2.45) is 5.41 Å². The fraction of sp³-hybridized carbons (Fsp3) is 0.294. The molecule has 164 valence electrons. The van der Waals surface area contributed by atoms with E-state index in [1.54, 1.807) is 0 Å². The van der Waals surface area contributed by atoms with Gasteiger partial charge in [0.1, 0.15) is 19.8 Å². The van der Waals surface area contributed by atoms with Gasteiger partial charge in [0.05, 0.1) is 12.0 Å². The second kappa shape index (κ2) is 13.2. The summed E-state index contributed by atoms with van der Waals surface area (Å²) >= 11 is 0. The van der Waals surface area contributed by atoms with Gasteiger partial charge in [-0.3, -0.25) is 0 Å². The molecule has 0 aromatic carbocycles. The van der Waals surface area contributed by atoms with Crippen LogP contribution in [0.3, 0.4) is 0 Å². The lowest BCUT2D eigenvalue weighted by Crippen LogP contribution is -2.42. The predicted molar refractivity (Wildman–Crippen MR) is 92.7 cm³/mol. The third-order valence-electron chi connectivity index (χ3n) is 2.98. The predicted octanol–water partition coefficient (Wildman–Crippen LogP) is -1.48. The maximum absolute atomic E-state index is 11.5. The van der Waals surface area contributed by atoms with Gasteiger partial charge < -0.3 is 34.6 Å². The molecule has 0 bridgehead atoms. The average Bonchev–Trinajstić information content (AvgIpc) is 2.68. The summed E-state index contributed by atoms with van der Waals surface area (Å²) < 4.78 is 14.3. The molecule has 0 aromatic rings. The Balaban J connectivity index is 5.25. The van der Waals surface area contributed by atoms with Crippen molar-refractivity contribution in [2.45, 2.75) is 0 Å². The molecule has 0 aliphatic rings. The van der Waals surface area contributed by atoms with E-state index in [1.165, 1.54) is 0 Å². The van der Waals surface area contributed by atoms with Crippen LogP contribution in [0.4, 0.5) is 0 Å². The Morgan fingerprint density at radius 2 is 0.833 bits per heavy atom. The van der Waals surface area contributed by atoms with E-state index >= 15 is 0 Å². The zero-order valence-corrected chi connectivity index (χ0v) is 15.3. The molecule has 0 heterocycles. The number of esters is 3. The molecule has 0 fully saturated rings. The van der Waals surface area contributed by atoms with Crippen LogP contribution in [0.25, 0.3) is 0 Å². The fourth-order valence-corrected chi connectivity index (χ4v) is 1.50. The van der Waals surface area contributed by atoms with Crippen molar-refractivity contribution in [1.29, 1.82) is 0 Å². The second-order valence-corrected chi connectivity index (χ2v) is 5.50. The van der Waals surface area contributed by atoms with Crippen molar-refractivity contribution in [2.75, 3.05) is 26.4 Å². The van der Waals surface area contributed by atoms with Gasteiger partial charge in [0.2, 0.25) is 0 Å².